The van der Waals surface area contributed by atoms with Gasteiger partial charge in [-0.15, -0.1) is 0 Å². The van der Waals surface area contributed by atoms with Crippen molar-refractivity contribution in [1.82, 2.24) is 4.90 Å². The second-order valence-corrected chi connectivity index (χ2v) is 3.85. The van der Waals surface area contributed by atoms with Crippen LogP contribution in [0.1, 0.15) is 26.2 Å². The van der Waals surface area contributed by atoms with Crippen molar-refractivity contribution in [1.29, 1.82) is 0 Å². The minimum Gasteiger partial charge on any atom is -0.396 e. The number of nitrogens with zero attached hydrogens (tertiary/aromatic N) is 1. The molecule has 76 valence electrons. The van der Waals surface area contributed by atoms with Gasteiger partial charge >= 0.3 is 0 Å². The van der Waals surface area contributed by atoms with Crippen LogP contribution in [0.2, 0.25) is 0 Å². The Morgan fingerprint density at radius 2 is 2.31 bits per heavy atom. The van der Waals surface area contributed by atoms with E-state index < -0.39 is 0 Å². The van der Waals surface area contributed by atoms with Crippen molar-refractivity contribution in [2.24, 2.45) is 5.92 Å². The van der Waals surface area contributed by atoms with E-state index in [0.29, 0.717) is 12.2 Å². The Labute approximate surface area is 79.7 Å². The van der Waals surface area contributed by atoms with E-state index in [1.807, 2.05) is 6.92 Å². The summed E-state index contributed by atoms with van der Waals surface area (Å²) in [6.45, 7) is 5.12. The van der Waals surface area contributed by atoms with Crippen LogP contribution in [0.3, 0.4) is 0 Å². The molecule has 0 aliphatic carbocycles. The summed E-state index contributed by atoms with van der Waals surface area (Å²) in [5.74, 6) is 0.612. The van der Waals surface area contributed by atoms with E-state index in [1.165, 1.54) is 0 Å². The third-order valence-corrected chi connectivity index (χ3v) is 2.64. The van der Waals surface area contributed by atoms with E-state index in [2.05, 4.69) is 4.90 Å². The molecule has 3 nitrogen and oxygen atoms in total. The van der Waals surface area contributed by atoms with Crippen molar-refractivity contribution in [3.05, 3.63) is 0 Å². The molecule has 1 aliphatic rings. The van der Waals surface area contributed by atoms with E-state index in [0.717, 1.165) is 32.5 Å². The van der Waals surface area contributed by atoms with Gasteiger partial charge < -0.3 is 10.0 Å². The molecule has 0 saturated carbocycles. The maximum atomic E-state index is 11.2. The molecule has 0 spiro atoms. The van der Waals surface area contributed by atoms with E-state index in [4.69, 9.17) is 5.11 Å². The molecule has 1 fully saturated rings. The summed E-state index contributed by atoms with van der Waals surface area (Å²) in [6, 6.07) is 0. The van der Waals surface area contributed by atoms with Crippen molar-refractivity contribution >= 4 is 5.78 Å². The first-order chi connectivity index (χ1) is 6.24. The van der Waals surface area contributed by atoms with Gasteiger partial charge in [-0.25, -0.2) is 0 Å². The highest BCUT2D eigenvalue weighted by Gasteiger charge is 2.22. The Morgan fingerprint density at radius 3 is 2.92 bits per heavy atom. The molecule has 1 atom stereocenters. The third kappa shape index (κ3) is 3.44. The number of unbranched alkanes of at least 4 members (excludes halogenated alkanes) is 1. The maximum absolute atomic E-state index is 11.2. The predicted octanol–water partition coefficient (Wildman–Crippen LogP) is 0.670. The molecular weight excluding hydrogens is 166 g/mol. The lowest BCUT2D eigenvalue weighted by atomic mass is 9.98. The van der Waals surface area contributed by atoms with Crippen molar-refractivity contribution in [2.75, 3.05) is 26.2 Å². The largest absolute Gasteiger partial charge is 0.396 e. The number of carbonyl (C=O) groups excluding carboxylic acids is 1. The molecule has 0 amide bonds. The van der Waals surface area contributed by atoms with Crippen LogP contribution in [0.15, 0.2) is 0 Å². The summed E-state index contributed by atoms with van der Waals surface area (Å²) in [5.41, 5.74) is 0. The average Bonchev–Trinajstić information content (AvgIpc) is 2.12. The highest BCUT2D eigenvalue weighted by molar-refractivity contribution is 5.81. The topological polar surface area (TPSA) is 40.5 Å². The van der Waals surface area contributed by atoms with Gasteiger partial charge in [-0.1, -0.05) is 6.92 Å². The molecule has 0 aromatic carbocycles. The number of hydrogen-bond donors (Lipinski definition) is 1. The van der Waals surface area contributed by atoms with Gasteiger partial charge in [0.2, 0.25) is 0 Å². The second kappa shape index (κ2) is 5.35. The molecule has 1 aliphatic heterocycles. The quantitative estimate of drug-likeness (QED) is 0.654. The number of rotatable bonds is 4. The predicted molar refractivity (Wildman–Crippen MR) is 51.5 cm³/mol. The van der Waals surface area contributed by atoms with Gasteiger partial charge in [-0.3, -0.25) is 4.79 Å². The molecule has 1 heterocycles. The number of carbonyl (C=O) groups is 1. The lowest BCUT2D eigenvalue weighted by Crippen LogP contribution is -2.40. The lowest BCUT2D eigenvalue weighted by molar-refractivity contribution is -0.125. The van der Waals surface area contributed by atoms with Gasteiger partial charge in [0.05, 0.1) is 0 Å². The number of hydrogen-bond acceptors (Lipinski definition) is 3. The van der Waals surface area contributed by atoms with Gasteiger partial charge in [0, 0.05) is 32.0 Å². The Hall–Kier alpha value is -0.410. The molecule has 13 heavy (non-hydrogen) atoms. The first-order valence-electron chi connectivity index (χ1n) is 5.10. The Bertz CT molecular complexity index is 170. The number of aliphatic hydroxyl groups excluding tert-OH is 1. The molecule has 1 N–H and O–H groups in total. The first-order valence-corrected chi connectivity index (χ1v) is 5.10. The SMILES string of the molecule is CC1CN(CCCCO)CCC1=O. The minimum absolute atomic E-state index is 0.211. The van der Waals surface area contributed by atoms with Gasteiger partial charge in [-0.05, 0) is 19.4 Å². The summed E-state index contributed by atoms with van der Waals surface area (Å²) in [6.07, 6.45) is 2.62. The molecule has 0 aromatic rings. The highest BCUT2D eigenvalue weighted by atomic mass is 16.2. The lowest BCUT2D eigenvalue weighted by Gasteiger charge is -2.29. The number of likely N-dealkylation sites (tertiary alicyclic amines) is 1. The number of piperidine rings is 1. The zero-order chi connectivity index (χ0) is 9.68. The Balaban J connectivity index is 2.17. The maximum Gasteiger partial charge on any atom is 0.138 e. The fraction of sp³-hybridized carbons (Fsp3) is 0.900. The van der Waals surface area contributed by atoms with Crippen molar-refractivity contribution in [3.63, 3.8) is 0 Å². The van der Waals surface area contributed by atoms with E-state index in [1.54, 1.807) is 0 Å². The molecule has 1 unspecified atom stereocenters. The van der Waals surface area contributed by atoms with Gasteiger partial charge in [-0.2, -0.15) is 0 Å². The molecular formula is C10H19NO2. The Morgan fingerprint density at radius 1 is 1.54 bits per heavy atom. The summed E-state index contributed by atoms with van der Waals surface area (Å²) in [7, 11) is 0. The summed E-state index contributed by atoms with van der Waals surface area (Å²) >= 11 is 0. The average molecular weight is 185 g/mol. The number of ketones is 1. The minimum atomic E-state index is 0.211. The monoisotopic (exact) mass is 185 g/mol. The van der Waals surface area contributed by atoms with Crippen molar-refractivity contribution < 1.29 is 9.90 Å². The summed E-state index contributed by atoms with van der Waals surface area (Å²) < 4.78 is 0. The number of aliphatic hydroxyl groups is 1. The second-order valence-electron chi connectivity index (χ2n) is 3.85. The molecule has 3 heteroatoms. The van der Waals surface area contributed by atoms with E-state index >= 15 is 0 Å². The van der Waals surface area contributed by atoms with Crippen molar-refractivity contribution in [3.8, 4) is 0 Å². The van der Waals surface area contributed by atoms with Crippen molar-refractivity contribution in [2.45, 2.75) is 26.2 Å². The van der Waals surface area contributed by atoms with E-state index in [-0.39, 0.29) is 12.5 Å². The van der Waals surface area contributed by atoms with Gasteiger partial charge in [0.15, 0.2) is 0 Å². The molecule has 1 rings (SSSR count). The van der Waals surface area contributed by atoms with Crippen LogP contribution >= 0.6 is 0 Å². The zero-order valence-corrected chi connectivity index (χ0v) is 8.33. The smallest absolute Gasteiger partial charge is 0.138 e. The van der Waals surface area contributed by atoms with Crippen LogP contribution in [0.5, 0.6) is 0 Å². The van der Waals surface area contributed by atoms with Crippen LogP contribution in [0.4, 0.5) is 0 Å². The number of Topliss-reactive ketones (excluding diaryl/α,β-unsaturated/α-hetero) is 1. The molecule has 0 radical (unpaired) electrons. The molecule has 0 bridgehead atoms. The first kappa shape index (κ1) is 10.7. The van der Waals surface area contributed by atoms with Crippen LogP contribution in [0.25, 0.3) is 0 Å². The van der Waals surface area contributed by atoms with Gasteiger partial charge in [0.1, 0.15) is 5.78 Å². The van der Waals surface area contributed by atoms with Crippen LogP contribution in [-0.4, -0.2) is 42.0 Å². The molecule has 1 saturated heterocycles. The third-order valence-electron chi connectivity index (χ3n) is 2.64. The zero-order valence-electron chi connectivity index (χ0n) is 8.33. The highest BCUT2D eigenvalue weighted by Crippen LogP contribution is 2.12. The Kier molecular flexibility index (Phi) is 4.39. The fourth-order valence-corrected chi connectivity index (χ4v) is 1.75. The van der Waals surface area contributed by atoms with E-state index in [9.17, 15) is 4.79 Å². The fourth-order valence-electron chi connectivity index (χ4n) is 1.75. The van der Waals surface area contributed by atoms with Gasteiger partial charge in [0.25, 0.3) is 0 Å². The van der Waals surface area contributed by atoms with Crippen LogP contribution in [0, 0.1) is 5.92 Å². The normalized spacial score (nSPS) is 25.1. The van der Waals surface area contributed by atoms with Crippen LogP contribution in [-0.2, 0) is 4.79 Å². The molecule has 0 aromatic heterocycles. The van der Waals surface area contributed by atoms with Crippen LogP contribution < -0.4 is 0 Å². The summed E-state index contributed by atoms with van der Waals surface area (Å²) in [4.78, 5) is 13.5. The summed E-state index contributed by atoms with van der Waals surface area (Å²) in [5, 5.41) is 8.62. The standard InChI is InChI=1S/C10H19NO2/c1-9-8-11(5-2-3-7-12)6-4-10(9)13/h9,12H,2-8H2,1H3.